The number of fused-ring (bicyclic) bond motifs is 1. The molecule has 3 heterocycles. The summed E-state index contributed by atoms with van der Waals surface area (Å²) >= 11 is 6.64. The van der Waals surface area contributed by atoms with Crippen molar-refractivity contribution in [3.05, 3.63) is 40.9 Å². The van der Waals surface area contributed by atoms with E-state index in [4.69, 9.17) is 30.8 Å². The number of aromatic nitrogens is 2. The van der Waals surface area contributed by atoms with Gasteiger partial charge in [-0.15, -0.1) is 0 Å². The number of piperazine rings is 1. The van der Waals surface area contributed by atoms with Gasteiger partial charge < -0.3 is 28.9 Å². The standard InChI is InChI=1S/C30H36ClF2N5O4/c1-30(2,3)42-29(39)38-14-12-37(13-15-38)27-19-16-20(31)23(24-21(32)9-6-10-22(24)40-5)25(33)26(19)34-28(35-27)41-17-18-8-7-11-36(18)4/h6,9-10,16,18H,7-8,11-15,17H2,1-5H3/t18-/m0/s1. The molecule has 0 spiro atoms. The molecule has 2 aliphatic rings. The molecule has 2 fully saturated rings. The number of rotatable bonds is 6. The molecule has 9 nitrogen and oxygen atoms in total. The van der Waals surface area contributed by atoms with Gasteiger partial charge in [0, 0.05) is 43.2 Å². The maximum atomic E-state index is 16.4. The van der Waals surface area contributed by atoms with Crippen molar-refractivity contribution in [2.45, 2.75) is 45.3 Å². The first kappa shape index (κ1) is 30.0. The smallest absolute Gasteiger partial charge is 0.410 e. The van der Waals surface area contributed by atoms with Crippen molar-refractivity contribution >= 4 is 34.4 Å². The minimum absolute atomic E-state index is 0.0121. The number of carbonyl (C=O) groups excluding carboxylic acids is 1. The van der Waals surface area contributed by atoms with E-state index in [-0.39, 0.29) is 39.5 Å². The first-order chi connectivity index (χ1) is 20.0. The van der Waals surface area contributed by atoms with Crippen molar-refractivity contribution < 1.29 is 27.8 Å². The number of benzene rings is 2. The summed E-state index contributed by atoms with van der Waals surface area (Å²) in [6.45, 7) is 8.37. The van der Waals surface area contributed by atoms with Crippen LogP contribution in [-0.4, -0.2) is 91.0 Å². The fourth-order valence-electron chi connectivity index (χ4n) is 5.40. The SMILES string of the molecule is COc1cccc(F)c1-c1c(Cl)cc2c(N3CCN(C(=O)OC(C)(C)C)CC3)nc(OC[C@@H]3CCCN3C)nc2c1F. The minimum atomic E-state index is -0.806. The van der Waals surface area contributed by atoms with Gasteiger partial charge in [0.2, 0.25) is 0 Å². The van der Waals surface area contributed by atoms with Crippen molar-refractivity contribution in [3.63, 3.8) is 0 Å². The van der Waals surface area contributed by atoms with Crippen LogP contribution in [0.5, 0.6) is 11.8 Å². The summed E-state index contributed by atoms with van der Waals surface area (Å²) < 4.78 is 48.4. The van der Waals surface area contributed by atoms with Crippen molar-refractivity contribution in [1.29, 1.82) is 0 Å². The molecule has 1 amide bonds. The maximum absolute atomic E-state index is 16.4. The zero-order chi connectivity index (χ0) is 30.2. The third kappa shape index (κ3) is 6.17. The first-order valence-corrected chi connectivity index (χ1v) is 14.4. The number of hydrogen-bond donors (Lipinski definition) is 0. The molecule has 226 valence electrons. The average molecular weight is 604 g/mol. The molecule has 0 unspecified atom stereocenters. The summed E-state index contributed by atoms with van der Waals surface area (Å²) in [5.41, 5.74) is -0.900. The zero-order valence-corrected chi connectivity index (χ0v) is 25.3. The van der Waals surface area contributed by atoms with Gasteiger partial charge >= 0.3 is 12.1 Å². The first-order valence-electron chi connectivity index (χ1n) is 14.1. The molecule has 12 heteroatoms. The summed E-state index contributed by atoms with van der Waals surface area (Å²) in [6, 6.07) is 6.00. The van der Waals surface area contributed by atoms with E-state index in [0.717, 1.165) is 19.4 Å². The van der Waals surface area contributed by atoms with Gasteiger partial charge in [-0.25, -0.2) is 13.6 Å². The molecule has 3 aromatic rings. The molecule has 0 radical (unpaired) electrons. The predicted octanol–water partition coefficient (Wildman–Crippen LogP) is 5.77. The lowest BCUT2D eigenvalue weighted by Gasteiger charge is -2.36. The van der Waals surface area contributed by atoms with E-state index in [2.05, 4.69) is 9.88 Å². The van der Waals surface area contributed by atoms with E-state index in [1.807, 2.05) is 32.7 Å². The van der Waals surface area contributed by atoms with E-state index in [0.29, 0.717) is 44.0 Å². The molecule has 42 heavy (non-hydrogen) atoms. The molecule has 2 aliphatic heterocycles. The quantitative estimate of drug-likeness (QED) is 0.352. The largest absolute Gasteiger partial charge is 0.496 e. The number of methoxy groups -OCH3 is 1. The number of anilines is 1. The molecule has 0 N–H and O–H groups in total. The molecule has 1 atom stereocenters. The summed E-state index contributed by atoms with van der Waals surface area (Å²) in [4.78, 5) is 27.6. The molecule has 0 saturated carbocycles. The fourth-order valence-corrected chi connectivity index (χ4v) is 5.69. The fraction of sp³-hybridized carbons (Fsp3) is 0.500. The lowest BCUT2D eigenvalue weighted by atomic mass is 10.0. The van der Waals surface area contributed by atoms with Gasteiger partial charge in [-0.2, -0.15) is 9.97 Å². The summed E-state index contributed by atoms with van der Waals surface area (Å²) in [5.74, 6) is -0.919. The molecule has 1 aromatic heterocycles. The highest BCUT2D eigenvalue weighted by atomic mass is 35.5. The molecular weight excluding hydrogens is 568 g/mol. The second kappa shape index (κ2) is 12.0. The number of carbonyl (C=O) groups is 1. The van der Waals surface area contributed by atoms with Crippen LogP contribution in [0.1, 0.15) is 33.6 Å². The van der Waals surface area contributed by atoms with E-state index in [9.17, 15) is 4.79 Å². The molecule has 5 rings (SSSR count). The van der Waals surface area contributed by atoms with Crippen LogP contribution in [0.15, 0.2) is 24.3 Å². The van der Waals surface area contributed by atoms with Crippen LogP contribution < -0.4 is 14.4 Å². The Bertz CT molecular complexity index is 1480. The van der Waals surface area contributed by atoms with Gasteiger partial charge in [-0.1, -0.05) is 17.7 Å². The number of likely N-dealkylation sites (N-methyl/N-ethyl adjacent to an activating group) is 1. The van der Waals surface area contributed by atoms with Crippen molar-refractivity contribution in [3.8, 4) is 22.9 Å². The van der Waals surface area contributed by atoms with E-state index in [1.54, 1.807) is 17.0 Å². The highest BCUT2D eigenvalue weighted by Crippen LogP contribution is 2.43. The van der Waals surface area contributed by atoms with Crippen LogP contribution >= 0.6 is 11.6 Å². The normalized spacial score (nSPS) is 18.0. The Morgan fingerprint density at radius 1 is 1.10 bits per heavy atom. The molecule has 0 bridgehead atoms. The number of ether oxygens (including phenoxy) is 3. The molecule has 2 saturated heterocycles. The van der Waals surface area contributed by atoms with Gasteiger partial charge in [0.15, 0.2) is 5.82 Å². The lowest BCUT2D eigenvalue weighted by Crippen LogP contribution is -2.50. The van der Waals surface area contributed by atoms with Gasteiger partial charge in [0.05, 0.1) is 17.7 Å². The Labute approximate surface area is 249 Å². The van der Waals surface area contributed by atoms with E-state index in [1.165, 1.54) is 19.2 Å². The van der Waals surface area contributed by atoms with Crippen LogP contribution in [0.4, 0.5) is 19.4 Å². The monoisotopic (exact) mass is 603 g/mol. The Morgan fingerprint density at radius 2 is 1.83 bits per heavy atom. The minimum Gasteiger partial charge on any atom is -0.496 e. The predicted molar refractivity (Wildman–Crippen MR) is 158 cm³/mol. The summed E-state index contributed by atoms with van der Waals surface area (Å²) in [6.07, 6.45) is 1.65. The van der Waals surface area contributed by atoms with E-state index < -0.39 is 23.3 Å². The Hall–Kier alpha value is -3.44. The van der Waals surface area contributed by atoms with Gasteiger partial charge in [-0.05, 0) is 65.4 Å². The summed E-state index contributed by atoms with van der Waals surface area (Å²) in [5, 5.41) is 0.342. The number of amides is 1. The van der Waals surface area contributed by atoms with Crippen LogP contribution in [0.3, 0.4) is 0 Å². The lowest BCUT2D eigenvalue weighted by molar-refractivity contribution is 0.0240. The number of nitrogens with zero attached hydrogens (tertiary/aromatic N) is 5. The highest BCUT2D eigenvalue weighted by Gasteiger charge is 2.30. The van der Waals surface area contributed by atoms with Crippen LogP contribution in [0.25, 0.3) is 22.0 Å². The Balaban J connectivity index is 1.55. The maximum Gasteiger partial charge on any atom is 0.410 e. The number of hydrogen-bond acceptors (Lipinski definition) is 8. The third-order valence-corrected chi connectivity index (χ3v) is 7.89. The summed E-state index contributed by atoms with van der Waals surface area (Å²) in [7, 11) is 3.42. The van der Waals surface area contributed by atoms with Crippen LogP contribution in [0, 0.1) is 11.6 Å². The topological polar surface area (TPSA) is 80.3 Å². The third-order valence-electron chi connectivity index (χ3n) is 7.59. The van der Waals surface area contributed by atoms with Gasteiger partial charge in [0.25, 0.3) is 0 Å². The van der Waals surface area contributed by atoms with Crippen molar-refractivity contribution in [2.75, 3.05) is 58.4 Å². The number of halogens is 3. The Kier molecular flexibility index (Phi) is 8.61. The molecule has 0 aliphatic carbocycles. The molecular formula is C30H36ClF2N5O4. The average Bonchev–Trinajstić information content (AvgIpc) is 3.36. The van der Waals surface area contributed by atoms with Crippen molar-refractivity contribution in [2.24, 2.45) is 0 Å². The highest BCUT2D eigenvalue weighted by molar-refractivity contribution is 6.34. The zero-order valence-electron chi connectivity index (χ0n) is 24.5. The van der Waals surface area contributed by atoms with Crippen LogP contribution in [0.2, 0.25) is 5.02 Å². The Morgan fingerprint density at radius 3 is 2.48 bits per heavy atom. The van der Waals surface area contributed by atoms with Crippen molar-refractivity contribution in [1.82, 2.24) is 19.8 Å². The second-order valence-corrected chi connectivity index (χ2v) is 12.0. The van der Waals surface area contributed by atoms with E-state index >= 15 is 8.78 Å². The van der Waals surface area contributed by atoms with Gasteiger partial charge in [0.1, 0.15) is 35.1 Å². The van der Waals surface area contributed by atoms with Crippen LogP contribution in [-0.2, 0) is 4.74 Å². The molecule has 2 aromatic carbocycles. The second-order valence-electron chi connectivity index (χ2n) is 11.6. The van der Waals surface area contributed by atoms with Gasteiger partial charge in [-0.3, -0.25) is 0 Å². The number of likely N-dealkylation sites (tertiary alicyclic amines) is 1.